The van der Waals surface area contributed by atoms with Gasteiger partial charge in [0.15, 0.2) is 5.78 Å². The summed E-state index contributed by atoms with van der Waals surface area (Å²) in [5.41, 5.74) is 1.71. The summed E-state index contributed by atoms with van der Waals surface area (Å²) in [5.74, 6) is 0.665. The summed E-state index contributed by atoms with van der Waals surface area (Å²) >= 11 is 0. The Balaban J connectivity index is 3.31. The van der Waals surface area contributed by atoms with Crippen LogP contribution in [0.4, 0.5) is 5.69 Å². The van der Waals surface area contributed by atoms with Gasteiger partial charge < -0.3 is 9.64 Å². The molecule has 0 saturated heterocycles. The lowest BCUT2D eigenvalue weighted by atomic mass is 9.86. The number of ketones is 1. The van der Waals surface area contributed by atoms with Crippen LogP contribution in [-0.2, 0) is 0 Å². The molecule has 0 radical (unpaired) electrons. The van der Waals surface area contributed by atoms with E-state index in [1.165, 1.54) is 0 Å². The Hall–Kier alpha value is -1.51. The van der Waals surface area contributed by atoms with Gasteiger partial charge in [0.1, 0.15) is 5.75 Å². The quantitative estimate of drug-likeness (QED) is 0.774. The van der Waals surface area contributed by atoms with Crippen molar-refractivity contribution in [3.63, 3.8) is 0 Å². The van der Waals surface area contributed by atoms with E-state index in [0.717, 1.165) is 5.69 Å². The van der Waals surface area contributed by atoms with E-state index in [9.17, 15) is 4.79 Å². The first-order valence-electron chi connectivity index (χ1n) is 6.61. The Morgan fingerprint density at radius 2 is 1.89 bits per heavy atom. The Morgan fingerprint density at radius 1 is 1.32 bits per heavy atom. The number of nitrogens with zero attached hydrogens (tertiary/aromatic N) is 1. The normalized spacial score (nSPS) is 13.0. The predicted molar refractivity (Wildman–Crippen MR) is 80.3 cm³/mol. The number of Topliss-reactive ketones (excluding diaryl/α,β-unsaturated/α-hetero) is 1. The first-order valence-corrected chi connectivity index (χ1v) is 6.61. The fraction of sp³-hybridized carbons (Fsp3) is 0.562. The molecule has 0 aliphatic heterocycles. The van der Waals surface area contributed by atoms with Crippen molar-refractivity contribution in [2.75, 3.05) is 19.1 Å². The third-order valence-corrected chi connectivity index (χ3v) is 3.79. The molecule has 0 fully saturated rings. The Bertz CT molecular complexity index is 460. The Kier molecular flexibility index (Phi) is 4.61. The van der Waals surface area contributed by atoms with Crippen molar-refractivity contribution >= 4 is 11.5 Å². The average molecular weight is 263 g/mol. The topological polar surface area (TPSA) is 29.5 Å². The minimum absolute atomic E-state index is 0.0282. The van der Waals surface area contributed by atoms with Gasteiger partial charge in [-0.2, -0.15) is 0 Å². The van der Waals surface area contributed by atoms with Gasteiger partial charge in [-0.05, 0) is 31.4 Å². The van der Waals surface area contributed by atoms with Gasteiger partial charge in [0.2, 0.25) is 0 Å². The molecule has 0 bridgehead atoms. The summed E-state index contributed by atoms with van der Waals surface area (Å²) < 4.78 is 5.32. The summed E-state index contributed by atoms with van der Waals surface area (Å²) in [4.78, 5) is 14.1. The summed E-state index contributed by atoms with van der Waals surface area (Å²) in [6.45, 7) is 10.3. The second-order valence-electron chi connectivity index (χ2n) is 6.06. The van der Waals surface area contributed by atoms with E-state index in [4.69, 9.17) is 4.74 Å². The van der Waals surface area contributed by atoms with Crippen LogP contribution >= 0.6 is 0 Å². The Morgan fingerprint density at radius 3 is 2.32 bits per heavy atom. The van der Waals surface area contributed by atoms with Crippen LogP contribution in [0.15, 0.2) is 18.2 Å². The van der Waals surface area contributed by atoms with Gasteiger partial charge in [0.05, 0.1) is 18.4 Å². The number of carbonyl (C=O) groups excluding carboxylic acids is 1. The van der Waals surface area contributed by atoms with Crippen LogP contribution in [0.25, 0.3) is 0 Å². The largest absolute Gasteiger partial charge is 0.496 e. The molecule has 19 heavy (non-hydrogen) atoms. The van der Waals surface area contributed by atoms with Crippen molar-refractivity contribution in [3.05, 3.63) is 23.8 Å². The van der Waals surface area contributed by atoms with Gasteiger partial charge >= 0.3 is 0 Å². The third kappa shape index (κ3) is 3.28. The molecule has 0 aliphatic carbocycles. The zero-order valence-electron chi connectivity index (χ0n) is 13.1. The van der Waals surface area contributed by atoms with Gasteiger partial charge in [0.25, 0.3) is 0 Å². The standard InChI is InChI=1S/C16H25NO2/c1-11(18)15-13(9-8-10-14(15)19-7)17(6)12(2)16(3,4)5/h8-10,12H,1-7H3. The number of methoxy groups -OCH3 is 1. The maximum Gasteiger partial charge on any atom is 0.165 e. The van der Waals surface area contributed by atoms with E-state index in [-0.39, 0.29) is 11.2 Å². The molecule has 3 heteroatoms. The zero-order valence-corrected chi connectivity index (χ0v) is 13.1. The molecule has 0 aliphatic rings. The molecule has 1 aromatic rings. The molecule has 0 amide bonds. The molecule has 1 atom stereocenters. The van der Waals surface area contributed by atoms with Crippen LogP contribution in [0.5, 0.6) is 5.75 Å². The number of hydrogen-bond acceptors (Lipinski definition) is 3. The van der Waals surface area contributed by atoms with Gasteiger partial charge in [-0.15, -0.1) is 0 Å². The van der Waals surface area contributed by atoms with Crippen molar-refractivity contribution in [2.45, 2.75) is 40.7 Å². The van der Waals surface area contributed by atoms with Crippen molar-refractivity contribution in [1.82, 2.24) is 0 Å². The summed E-state index contributed by atoms with van der Waals surface area (Å²) in [7, 11) is 3.62. The van der Waals surface area contributed by atoms with E-state index in [1.807, 2.05) is 25.2 Å². The number of anilines is 1. The maximum absolute atomic E-state index is 11.9. The lowest BCUT2D eigenvalue weighted by Crippen LogP contribution is -2.40. The molecule has 0 spiro atoms. The highest BCUT2D eigenvalue weighted by Crippen LogP contribution is 2.33. The number of benzene rings is 1. The first-order chi connectivity index (χ1) is 8.70. The fourth-order valence-electron chi connectivity index (χ4n) is 2.13. The molecule has 0 N–H and O–H groups in total. The molecule has 1 rings (SSSR count). The van der Waals surface area contributed by atoms with Gasteiger partial charge in [-0.1, -0.05) is 26.8 Å². The van der Waals surface area contributed by atoms with Gasteiger partial charge in [0, 0.05) is 13.1 Å². The number of carbonyl (C=O) groups is 1. The molecule has 1 aromatic carbocycles. The molecule has 106 valence electrons. The van der Waals surface area contributed by atoms with Crippen LogP contribution in [0.1, 0.15) is 45.0 Å². The van der Waals surface area contributed by atoms with E-state index >= 15 is 0 Å². The summed E-state index contributed by atoms with van der Waals surface area (Å²) in [6, 6.07) is 6.03. The molecule has 0 saturated carbocycles. The molecule has 1 unspecified atom stereocenters. The van der Waals surface area contributed by atoms with E-state index in [1.54, 1.807) is 14.0 Å². The third-order valence-electron chi connectivity index (χ3n) is 3.79. The summed E-state index contributed by atoms with van der Waals surface area (Å²) in [5, 5.41) is 0. The van der Waals surface area contributed by atoms with Gasteiger partial charge in [-0.3, -0.25) is 4.79 Å². The SMILES string of the molecule is COc1cccc(N(C)C(C)C(C)(C)C)c1C(C)=O. The smallest absolute Gasteiger partial charge is 0.165 e. The molecule has 3 nitrogen and oxygen atoms in total. The second-order valence-corrected chi connectivity index (χ2v) is 6.06. The predicted octanol–water partition coefficient (Wildman–Crippen LogP) is 3.77. The van der Waals surface area contributed by atoms with Crippen LogP contribution in [0, 0.1) is 5.41 Å². The van der Waals surface area contributed by atoms with Crippen molar-refractivity contribution in [1.29, 1.82) is 0 Å². The molecular formula is C16H25NO2. The van der Waals surface area contributed by atoms with Crippen LogP contribution < -0.4 is 9.64 Å². The molecule has 0 heterocycles. The summed E-state index contributed by atoms with van der Waals surface area (Å²) in [6.07, 6.45) is 0. The lowest BCUT2D eigenvalue weighted by molar-refractivity contribution is 0.101. The molecule has 0 aromatic heterocycles. The average Bonchev–Trinajstić information content (AvgIpc) is 2.34. The first kappa shape index (κ1) is 15.5. The highest BCUT2D eigenvalue weighted by atomic mass is 16.5. The minimum Gasteiger partial charge on any atom is -0.496 e. The minimum atomic E-state index is 0.0282. The second kappa shape index (κ2) is 5.64. The van der Waals surface area contributed by atoms with E-state index < -0.39 is 0 Å². The van der Waals surface area contributed by atoms with Crippen molar-refractivity contribution in [3.8, 4) is 5.75 Å². The highest BCUT2D eigenvalue weighted by molar-refractivity contribution is 6.02. The van der Waals surface area contributed by atoms with E-state index in [2.05, 4.69) is 32.6 Å². The monoisotopic (exact) mass is 263 g/mol. The van der Waals surface area contributed by atoms with Crippen molar-refractivity contribution < 1.29 is 9.53 Å². The van der Waals surface area contributed by atoms with Gasteiger partial charge in [-0.25, -0.2) is 0 Å². The van der Waals surface area contributed by atoms with E-state index in [0.29, 0.717) is 17.4 Å². The number of rotatable bonds is 4. The number of ether oxygens (including phenoxy) is 1. The van der Waals surface area contributed by atoms with Crippen LogP contribution in [0.2, 0.25) is 0 Å². The highest BCUT2D eigenvalue weighted by Gasteiger charge is 2.27. The zero-order chi connectivity index (χ0) is 14.8. The van der Waals surface area contributed by atoms with Crippen LogP contribution in [-0.4, -0.2) is 26.0 Å². The number of hydrogen-bond donors (Lipinski definition) is 0. The Labute approximate surface area is 116 Å². The maximum atomic E-state index is 11.9. The fourth-order valence-corrected chi connectivity index (χ4v) is 2.13. The molecular weight excluding hydrogens is 238 g/mol. The van der Waals surface area contributed by atoms with Crippen molar-refractivity contribution in [2.24, 2.45) is 5.41 Å². The lowest BCUT2D eigenvalue weighted by Gasteiger charge is -2.37. The van der Waals surface area contributed by atoms with Crippen LogP contribution in [0.3, 0.4) is 0 Å².